The lowest BCUT2D eigenvalue weighted by Gasteiger charge is -2.25. The summed E-state index contributed by atoms with van der Waals surface area (Å²) in [6, 6.07) is 14.0. The Morgan fingerprint density at radius 3 is 2.50 bits per heavy atom. The van der Waals surface area contributed by atoms with Crippen LogP contribution in [0.2, 0.25) is 0 Å². The van der Waals surface area contributed by atoms with E-state index in [1.165, 1.54) is 6.07 Å². The van der Waals surface area contributed by atoms with E-state index in [2.05, 4.69) is 15.3 Å². The van der Waals surface area contributed by atoms with E-state index < -0.39 is 11.7 Å². The number of alkyl halides is 3. The summed E-state index contributed by atoms with van der Waals surface area (Å²) in [6.45, 7) is 1.11. The van der Waals surface area contributed by atoms with E-state index in [1.54, 1.807) is 30.3 Å². The van der Waals surface area contributed by atoms with Gasteiger partial charge in [-0.3, -0.25) is 0 Å². The SMILES string of the molecule is CN(C)CCN(C)c1ccc(Nc2nccc(-c3cn(C)c4ccccc34)n2)cc1C(F)(F)F. The smallest absolute Gasteiger partial charge is 0.373 e. The molecule has 0 aliphatic carbocycles. The highest BCUT2D eigenvalue weighted by Crippen LogP contribution is 2.38. The zero-order valence-electron chi connectivity index (χ0n) is 19.6. The number of benzene rings is 2. The number of nitrogens with one attached hydrogen (secondary N) is 1. The predicted octanol–water partition coefficient (Wildman–Crippen LogP) is 5.40. The van der Waals surface area contributed by atoms with Crippen LogP contribution >= 0.6 is 0 Å². The van der Waals surface area contributed by atoms with E-state index >= 15 is 0 Å². The molecule has 2 aromatic heterocycles. The second kappa shape index (κ2) is 9.34. The molecule has 2 heterocycles. The van der Waals surface area contributed by atoms with Crippen LogP contribution in [0.4, 0.5) is 30.5 Å². The van der Waals surface area contributed by atoms with Gasteiger partial charge in [0.05, 0.1) is 11.3 Å². The van der Waals surface area contributed by atoms with Crippen molar-refractivity contribution >= 4 is 28.2 Å². The summed E-state index contributed by atoms with van der Waals surface area (Å²) in [7, 11) is 7.40. The minimum Gasteiger partial charge on any atom is -0.373 e. The summed E-state index contributed by atoms with van der Waals surface area (Å²) in [5.74, 6) is 0.229. The Bertz CT molecular complexity index is 1300. The van der Waals surface area contributed by atoms with E-state index in [0.717, 1.165) is 22.5 Å². The molecule has 0 amide bonds. The number of para-hydroxylation sites is 1. The van der Waals surface area contributed by atoms with Gasteiger partial charge in [0.1, 0.15) is 0 Å². The highest BCUT2D eigenvalue weighted by atomic mass is 19.4. The molecule has 0 aliphatic rings. The maximum absolute atomic E-state index is 13.9. The molecule has 0 saturated heterocycles. The highest BCUT2D eigenvalue weighted by molar-refractivity contribution is 5.95. The molecular formula is C25H27F3N6. The molecule has 0 unspecified atom stereocenters. The number of nitrogens with zero attached hydrogens (tertiary/aromatic N) is 5. The minimum atomic E-state index is -4.49. The number of hydrogen-bond donors (Lipinski definition) is 1. The van der Waals surface area contributed by atoms with Crippen molar-refractivity contribution in [1.82, 2.24) is 19.4 Å². The highest BCUT2D eigenvalue weighted by Gasteiger charge is 2.35. The van der Waals surface area contributed by atoms with E-state index in [-0.39, 0.29) is 17.3 Å². The van der Waals surface area contributed by atoms with Gasteiger partial charge in [-0.2, -0.15) is 13.2 Å². The Labute approximate surface area is 196 Å². The zero-order chi connectivity index (χ0) is 24.5. The molecule has 1 N–H and O–H groups in total. The topological polar surface area (TPSA) is 49.2 Å². The Hall–Kier alpha value is -3.59. The molecule has 0 fully saturated rings. The molecule has 0 radical (unpaired) electrons. The van der Waals surface area contributed by atoms with Gasteiger partial charge in [-0.15, -0.1) is 0 Å². The van der Waals surface area contributed by atoms with Crippen molar-refractivity contribution in [2.45, 2.75) is 6.18 Å². The van der Waals surface area contributed by atoms with Gasteiger partial charge < -0.3 is 19.7 Å². The largest absolute Gasteiger partial charge is 0.418 e. The van der Waals surface area contributed by atoms with Gasteiger partial charge in [-0.05, 0) is 44.4 Å². The lowest BCUT2D eigenvalue weighted by atomic mass is 10.1. The molecule has 0 spiro atoms. The van der Waals surface area contributed by atoms with Crippen molar-refractivity contribution in [1.29, 1.82) is 0 Å². The molecule has 4 rings (SSSR count). The molecule has 0 atom stereocenters. The number of anilines is 3. The van der Waals surface area contributed by atoms with Gasteiger partial charge in [-0.25, -0.2) is 9.97 Å². The van der Waals surface area contributed by atoms with Crippen LogP contribution in [0.5, 0.6) is 0 Å². The van der Waals surface area contributed by atoms with Crippen molar-refractivity contribution < 1.29 is 13.2 Å². The molecule has 4 aromatic rings. The summed E-state index contributed by atoms with van der Waals surface area (Å²) in [5, 5.41) is 3.98. The minimum absolute atomic E-state index is 0.130. The Morgan fingerprint density at radius 1 is 1.00 bits per heavy atom. The standard InChI is InChI=1S/C25H27F3N6/c1-32(2)13-14-33(3)23-10-9-17(15-20(23)25(26,27)28)30-24-29-12-11-21(31-24)19-16-34(4)22-8-6-5-7-18(19)22/h5-12,15-16H,13-14H2,1-4H3,(H,29,30,31). The van der Waals surface area contributed by atoms with Crippen LogP contribution in [0.1, 0.15) is 5.56 Å². The molecule has 0 bridgehead atoms. The molecule has 6 nitrogen and oxygen atoms in total. The summed E-state index contributed by atoms with van der Waals surface area (Å²) >= 11 is 0. The van der Waals surface area contributed by atoms with Crippen LogP contribution in [-0.2, 0) is 13.2 Å². The summed E-state index contributed by atoms with van der Waals surface area (Å²) in [4.78, 5) is 12.3. The van der Waals surface area contributed by atoms with E-state index in [4.69, 9.17) is 0 Å². The van der Waals surface area contributed by atoms with Crippen LogP contribution in [0, 0.1) is 0 Å². The average molecular weight is 469 g/mol. The first-order valence-electron chi connectivity index (χ1n) is 10.8. The van der Waals surface area contributed by atoms with Crippen molar-refractivity contribution in [2.24, 2.45) is 7.05 Å². The number of hydrogen-bond acceptors (Lipinski definition) is 5. The summed E-state index contributed by atoms with van der Waals surface area (Å²) in [6.07, 6.45) is -0.914. The lowest BCUT2D eigenvalue weighted by Crippen LogP contribution is -2.30. The number of rotatable bonds is 7. The van der Waals surface area contributed by atoms with Crippen molar-refractivity contribution in [2.75, 3.05) is 44.4 Å². The number of aromatic nitrogens is 3. The fraction of sp³-hybridized carbons (Fsp3) is 0.280. The molecule has 34 heavy (non-hydrogen) atoms. The summed E-state index contributed by atoms with van der Waals surface area (Å²) in [5.41, 5.74) is 2.37. The van der Waals surface area contributed by atoms with Crippen LogP contribution in [0.3, 0.4) is 0 Å². The fourth-order valence-electron chi connectivity index (χ4n) is 3.89. The summed E-state index contributed by atoms with van der Waals surface area (Å²) < 4.78 is 43.6. The van der Waals surface area contributed by atoms with Crippen LogP contribution in [-0.4, -0.2) is 53.7 Å². The van der Waals surface area contributed by atoms with Gasteiger partial charge in [0.25, 0.3) is 0 Å². The maximum atomic E-state index is 13.9. The zero-order valence-corrected chi connectivity index (χ0v) is 19.6. The van der Waals surface area contributed by atoms with E-state index in [9.17, 15) is 13.2 Å². The third-order valence-corrected chi connectivity index (χ3v) is 5.68. The van der Waals surface area contributed by atoms with Crippen molar-refractivity contribution in [3.63, 3.8) is 0 Å². The maximum Gasteiger partial charge on any atom is 0.418 e. The van der Waals surface area contributed by atoms with Gasteiger partial charge in [-0.1, -0.05) is 18.2 Å². The number of aryl methyl sites for hydroxylation is 1. The van der Waals surface area contributed by atoms with E-state index in [1.807, 2.05) is 61.1 Å². The first-order chi connectivity index (χ1) is 16.1. The molecular weight excluding hydrogens is 441 g/mol. The number of halogens is 3. The Morgan fingerprint density at radius 2 is 1.76 bits per heavy atom. The molecule has 2 aromatic carbocycles. The van der Waals surface area contributed by atoms with Crippen molar-refractivity contribution in [3.8, 4) is 11.3 Å². The third-order valence-electron chi connectivity index (χ3n) is 5.68. The molecule has 9 heteroatoms. The Kier molecular flexibility index (Phi) is 6.47. The monoisotopic (exact) mass is 468 g/mol. The normalized spacial score (nSPS) is 11.9. The quantitative estimate of drug-likeness (QED) is 0.394. The van der Waals surface area contributed by atoms with Gasteiger partial charge in [0.2, 0.25) is 5.95 Å². The predicted molar refractivity (Wildman–Crippen MR) is 130 cm³/mol. The third kappa shape index (κ3) is 4.99. The lowest BCUT2D eigenvalue weighted by molar-refractivity contribution is -0.137. The number of fused-ring (bicyclic) bond motifs is 1. The van der Waals surface area contributed by atoms with Gasteiger partial charge in [0, 0.05) is 67.4 Å². The molecule has 178 valence electrons. The average Bonchev–Trinajstić information content (AvgIpc) is 3.14. The van der Waals surface area contributed by atoms with Crippen LogP contribution < -0.4 is 10.2 Å². The second-order valence-corrected chi connectivity index (χ2v) is 8.52. The molecule has 0 aliphatic heterocycles. The first-order valence-corrected chi connectivity index (χ1v) is 10.8. The number of likely N-dealkylation sites (N-methyl/N-ethyl adjacent to an activating group) is 2. The van der Waals surface area contributed by atoms with Crippen LogP contribution in [0.25, 0.3) is 22.2 Å². The Balaban J connectivity index is 1.64. The second-order valence-electron chi connectivity index (χ2n) is 8.52. The first kappa shape index (κ1) is 23.6. The van der Waals surface area contributed by atoms with Crippen LogP contribution in [0.15, 0.2) is 60.9 Å². The molecule has 0 saturated carbocycles. The fourth-order valence-corrected chi connectivity index (χ4v) is 3.89. The van der Waals surface area contributed by atoms with E-state index in [0.29, 0.717) is 18.8 Å². The van der Waals surface area contributed by atoms with Crippen molar-refractivity contribution in [3.05, 3.63) is 66.5 Å². The van der Waals surface area contributed by atoms with Gasteiger partial charge >= 0.3 is 6.18 Å². The van der Waals surface area contributed by atoms with Gasteiger partial charge in [0.15, 0.2) is 0 Å².